The minimum Gasteiger partial charge on any atom is -0.490 e. The molecule has 36 heavy (non-hydrogen) atoms. The molecular weight excluding hydrogens is 468 g/mol. The molecule has 1 atom stereocenters. The maximum atomic E-state index is 13.7. The van der Waals surface area contributed by atoms with Gasteiger partial charge in [0.1, 0.15) is 0 Å². The fourth-order valence-electron chi connectivity index (χ4n) is 3.81. The predicted octanol–water partition coefficient (Wildman–Crippen LogP) is 7.49. The van der Waals surface area contributed by atoms with Gasteiger partial charge in [-0.25, -0.2) is 4.99 Å². The number of hydrogen-bond donors (Lipinski definition) is 0. The first-order valence-corrected chi connectivity index (χ1v) is 13.1. The van der Waals surface area contributed by atoms with Gasteiger partial charge in [0, 0.05) is 0 Å². The predicted molar refractivity (Wildman–Crippen MR) is 149 cm³/mol. The molecule has 0 bridgehead atoms. The van der Waals surface area contributed by atoms with E-state index in [9.17, 15) is 4.79 Å². The molecule has 186 valence electrons. The van der Waals surface area contributed by atoms with Gasteiger partial charge in [-0.2, -0.15) is 0 Å². The zero-order chi connectivity index (χ0) is 25.5. The summed E-state index contributed by atoms with van der Waals surface area (Å²) in [6.45, 7) is 9.34. The first-order valence-electron chi connectivity index (χ1n) is 12.3. The Kier molecular flexibility index (Phi) is 8.49. The van der Waals surface area contributed by atoms with Gasteiger partial charge in [-0.05, 0) is 73.0 Å². The van der Waals surface area contributed by atoms with Crippen LogP contribution < -0.4 is 9.47 Å². The summed E-state index contributed by atoms with van der Waals surface area (Å²) in [6, 6.07) is 25.4. The molecule has 3 aromatic rings. The van der Waals surface area contributed by atoms with Gasteiger partial charge < -0.3 is 9.47 Å². The second-order valence-corrected chi connectivity index (χ2v) is 9.96. The molecule has 0 unspecified atom stereocenters. The standard InChI is InChI=1S/C30H32N2O3S/c1-5-34-27-18-23(16-17-26(27)35-20-21(2)3)19-28-29(33)32(22(4)24-12-8-6-9-13-24)30(36-28)31-25-14-10-7-11-15-25/h6-19,21-22H,5,20H2,1-4H3/b28-19+,31-30?/t22-/m0/s1. The van der Waals surface area contributed by atoms with E-state index in [1.54, 1.807) is 4.90 Å². The molecule has 5 nitrogen and oxygen atoms in total. The molecule has 1 heterocycles. The third-order valence-corrected chi connectivity index (χ3v) is 6.61. The van der Waals surface area contributed by atoms with Crippen LogP contribution in [0, 0.1) is 5.92 Å². The number of amides is 1. The van der Waals surface area contributed by atoms with Crippen LogP contribution in [0.2, 0.25) is 0 Å². The van der Waals surface area contributed by atoms with Gasteiger partial charge >= 0.3 is 0 Å². The van der Waals surface area contributed by atoms with Crippen LogP contribution in [0.4, 0.5) is 5.69 Å². The van der Waals surface area contributed by atoms with Crippen molar-refractivity contribution >= 4 is 34.6 Å². The van der Waals surface area contributed by atoms with Crippen LogP contribution in [-0.2, 0) is 4.79 Å². The van der Waals surface area contributed by atoms with Gasteiger partial charge in [0.05, 0.1) is 29.8 Å². The SMILES string of the molecule is CCOc1cc(/C=C2/SC(=Nc3ccccc3)N([C@@H](C)c3ccccc3)C2=O)ccc1OCC(C)C. The van der Waals surface area contributed by atoms with Gasteiger partial charge in [0.15, 0.2) is 16.7 Å². The van der Waals surface area contributed by atoms with Crippen molar-refractivity contribution in [1.82, 2.24) is 4.90 Å². The van der Waals surface area contributed by atoms with Crippen LogP contribution in [0.5, 0.6) is 11.5 Å². The molecule has 1 aliphatic rings. The normalized spacial score (nSPS) is 16.7. The summed E-state index contributed by atoms with van der Waals surface area (Å²) in [6.07, 6.45) is 1.90. The van der Waals surface area contributed by atoms with E-state index in [1.165, 1.54) is 11.8 Å². The van der Waals surface area contributed by atoms with E-state index in [1.807, 2.05) is 98.8 Å². The van der Waals surface area contributed by atoms with E-state index in [4.69, 9.17) is 14.5 Å². The highest BCUT2D eigenvalue weighted by Crippen LogP contribution is 2.40. The highest BCUT2D eigenvalue weighted by molar-refractivity contribution is 8.18. The number of rotatable bonds is 9. The first-order chi connectivity index (χ1) is 17.5. The highest BCUT2D eigenvalue weighted by Gasteiger charge is 2.37. The second kappa shape index (κ2) is 12.0. The molecule has 0 N–H and O–H groups in total. The molecule has 1 fully saturated rings. The molecule has 1 amide bonds. The largest absolute Gasteiger partial charge is 0.490 e. The molecule has 1 aliphatic heterocycles. The zero-order valence-corrected chi connectivity index (χ0v) is 22.0. The second-order valence-electron chi connectivity index (χ2n) is 8.95. The third kappa shape index (κ3) is 6.18. The number of thioether (sulfide) groups is 1. The van der Waals surface area contributed by atoms with E-state index < -0.39 is 0 Å². The Hall–Kier alpha value is -3.51. The monoisotopic (exact) mass is 500 g/mol. The molecule has 0 aliphatic carbocycles. The summed E-state index contributed by atoms with van der Waals surface area (Å²) in [5.74, 6) is 1.73. The zero-order valence-electron chi connectivity index (χ0n) is 21.2. The van der Waals surface area contributed by atoms with Gasteiger partial charge in [-0.3, -0.25) is 9.69 Å². The molecule has 6 heteroatoms. The fourth-order valence-corrected chi connectivity index (χ4v) is 4.88. The van der Waals surface area contributed by atoms with E-state index >= 15 is 0 Å². The van der Waals surface area contributed by atoms with Gasteiger partial charge in [-0.15, -0.1) is 0 Å². The maximum Gasteiger partial charge on any atom is 0.267 e. The molecule has 3 aromatic carbocycles. The number of benzene rings is 3. The van der Waals surface area contributed by atoms with Crippen LogP contribution in [0.25, 0.3) is 6.08 Å². The first kappa shape index (κ1) is 25.6. The topological polar surface area (TPSA) is 51.1 Å². The van der Waals surface area contributed by atoms with Crippen LogP contribution in [0.15, 0.2) is 88.8 Å². The Morgan fingerprint density at radius 3 is 2.28 bits per heavy atom. The van der Waals surface area contributed by atoms with Crippen molar-refractivity contribution in [1.29, 1.82) is 0 Å². The third-order valence-electron chi connectivity index (χ3n) is 5.62. The summed E-state index contributed by atoms with van der Waals surface area (Å²) in [7, 11) is 0. The van der Waals surface area contributed by atoms with Crippen LogP contribution >= 0.6 is 11.8 Å². The van der Waals surface area contributed by atoms with Gasteiger partial charge in [0.2, 0.25) is 0 Å². The van der Waals surface area contributed by atoms with Crippen molar-refractivity contribution in [3.05, 3.63) is 94.9 Å². The Bertz CT molecular complexity index is 1240. The number of para-hydroxylation sites is 1. The fraction of sp³-hybridized carbons (Fsp3) is 0.267. The van der Waals surface area contributed by atoms with Crippen molar-refractivity contribution in [3.63, 3.8) is 0 Å². The molecule has 0 saturated carbocycles. The Morgan fingerprint density at radius 2 is 1.61 bits per heavy atom. The molecule has 0 radical (unpaired) electrons. The average Bonchev–Trinajstić information content (AvgIpc) is 3.18. The molecular formula is C30H32N2O3S. The lowest BCUT2D eigenvalue weighted by molar-refractivity contribution is -0.123. The summed E-state index contributed by atoms with van der Waals surface area (Å²) in [5.41, 5.74) is 2.74. The van der Waals surface area contributed by atoms with E-state index in [2.05, 4.69) is 13.8 Å². The lowest BCUT2D eigenvalue weighted by Gasteiger charge is -2.24. The van der Waals surface area contributed by atoms with Crippen LogP contribution in [-0.4, -0.2) is 29.2 Å². The van der Waals surface area contributed by atoms with Crippen LogP contribution in [0.3, 0.4) is 0 Å². The number of carbonyl (C=O) groups excluding carboxylic acids is 1. The van der Waals surface area contributed by atoms with E-state index in [0.717, 1.165) is 16.8 Å². The number of hydrogen-bond acceptors (Lipinski definition) is 5. The molecule has 1 saturated heterocycles. The van der Waals surface area contributed by atoms with Crippen molar-refractivity contribution < 1.29 is 14.3 Å². The number of nitrogens with zero attached hydrogens (tertiary/aromatic N) is 2. The summed E-state index contributed by atoms with van der Waals surface area (Å²) in [4.78, 5) is 20.9. The summed E-state index contributed by atoms with van der Waals surface area (Å²) < 4.78 is 11.8. The average molecular weight is 501 g/mol. The van der Waals surface area contributed by atoms with Crippen molar-refractivity contribution in [2.24, 2.45) is 10.9 Å². The Labute approximate surface area is 217 Å². The Balaban J connectivity index is 1.69. The lowest BCUT2D eigenvalue weighted by atomic mass is 10.1. The minimum atomic E-state index is -0.162. The molecule has 4 rings (SSSR count). The van der Waals surface area contributed by atoms with Crippen molar-refractivity contribution in [2.75, 3.05) is 13.2 Å². The quantitative estimate of drug-likeness (QED) is 0.286. The highest BCUT2D eigenvalue weighted by atomic mass is 32.2. The van der Waals surface area contributed by atoms with E-state index in [-0.39, 0.29) is 11.9 Å². The number of carbonyl (C=O) groups is 1. The van der Waals surface area contributed by atoms with Gasteiger partial charge in [0.25, 0.3) is 5.91 Å². The summed E-state index contributed by atoms with van der Waals surface area (Å²) in [5, 5.41) is 0.663. The number of ether oxygens (including phenoxy) is 2. The van der Waals surface area contributed by atoms with Crippen molar-refractivity contribution in [2.45, 2.75) is 33.7 Å². The minimum absolute atomic E-state index is 0.0656. The maximum absolute atomic E-state index is 13.7. The molecule has 0 spiro atoms. The number of amidine groups is 1. The molecule has 0 aromatic heterocycles. The van der Waals surface area contributed by atoms with Gasteiger partial charge in [-0.1, -0.05) is 68.4 Å². The number of aliphatic imine (C=N–C) groups is 1. The van der Waals surface area contributed by atoms with E-state index in [0.29, 0.717) is 40.7 Å². The smallest absolute Gasteiger partial charge is 0.267 e. The van der Waals surface area contributed by atoms with Crippen LogP contribution in [0.1, 0.15) is 44.9 Å². The lowest BCUT2D eigenvalue weighted by Crippen LogP contribution is -2.32. The summed E-state index contributed by atoms with van der Waals surface area (Å²) >= 11 is 1.39. The van der Waals surface area contributed by atoms with Crippen molar-refractivity contribution in [3.8, 4) is 11.5 Å². The Morgan fingerprint density at radius 1 is 0.917 bits per heavy atom.